The summed E-state index contributed by atoms with van der Waals surface area (Å²) in [4.78, 5) is 23.7. The highest BCUT2D eigenvalue weighted by Gasteiger charge is 2.14. The van der Waals surface area contributed by atoms with Crippen LogP contribution >= 0.6 is 11.9 Å². The van der Waals surface area contributed by atoms with E-state index in [1.807, 2.05) is 0 Å². The standard InChI is InChI=1S/C10H10N2O4S/c1-2-11-10(14)12(16-17-15-11)9(13)8-6-4-3-5-7-8/h3-7H,2H2,1H3. The van der Waals surface area contributed by atoms with Crippen LogP contribution in [0, 0.1) is 0 Å². The molecule has 0 aliphatic rings. The van der Waals surface area contributed by atoms with Crippen LogP contribution in [-0.2, 0) is 6.54 Å². The molecule has 0 saturated carbocycles. The molecular formula is C10H10N2O4S. The van der Waals surface area contributed by atoms with Gasteiger partial charge in [0.1, 0.15) is 0 Å². The number of benzene rings is 1. The van der Waals surface area contributed by atoms with Crippen LogP contribution in [-0.4, -0.2) is 15.4 Å². The Hall–Kier alpha value is -2.02. The Morgan fingerprint density at radius 3 is 2.65 bits per heavy atom. The number of rotatable bonds is 2. The summed E-state index contributed by atoms with van der Waals surface area (Å²) >= 11 is 0.573. The molecule has 6 nitrogen and oxygen atoms in total. The van der Waals surface area contributed by atoms with Crippen molar-refractivity contribution < 1.29 is 12.7 Å². The van der Waals surface area contributed by atoms with Gasteiger partial charge in [0.25, 0.3) is 17.8 Å². The van der Waals surface area contributed by atoms with E-state index in [0.29, 0.717) is 28.8 Å². The van der Waals surface area contributed by atoms with E-state index in [1.54, 1.807) is 37.3 Å². The Morgan fingerprint density at radius 2 is 2.00 bits per heavy atom. The van der Waals surface area contributed by atoms with Crippen molar-refractivity contribution in [2.45, 2.75) is 13.5 Å². The largest absolute Gasteiger partial charge is 0.396 e. The Bertz CT molecular complexity index is 597. The fourth-order valence-corrected chi connectivity index (χ4v) is 1.71. The lowest BCUT2D eigenvalue weighted by atomic mass is 10.2. The van der Waals surface area contributed by atoms with Gasteiger partial charge in [-0.05, 0) is 19.1 Å². The number of hydrogen-bond donors (Lipinski definition) is 0. The van der Waals surface area contributed by atoms with Gasteiger partial charge >= 0.3 is 5.69 Å². The van der Waals surface area contributed by atoms with Gasteiger partial charge in [0.05, 0.1) is 6.54 Å². The molecule has 0 atom stereocenters. The lowest BCUT2D eigenvalue weighted by Gasteiger charge is -2.03. The number of carbonyl (C=O) groups is 1. The molecule has 0 amide bonds. The number of nitrogens with zero attached hydrogens (tertiary/aromatic N) is 2. The average molecular weight is 254 g/mol. The molecule has 0 N–H and O–H groups in total. The van der Waals surface area contributed by atoms with E-state index in [4.69, 9.17) is 7.91 Å². The van der Waals surface area contributed by atoms with E-state index in [2.05, 4.69) is 0 Å². The first kappa shape index (κ1) is 11.5. The van der Waals surface area contributed by atoms with E-state index < -0.39 is 11.6 Å². The average Bonchev–Trinajstić information content (AvgIpc) is 2.39. The Kier molecular flexibility index (Phi) is 3.29. The molecule has 2 rings (SSSR count). The second-order valence-corrected chi connectivity index (χ2v) is 3.59. The quantitative estimate of drug-likeness (QED) is 0.818. The van der Waals surface area contributed by atoms with Gasteiger partial charge in [-0.25, -0.2) is 4.79 Å². The molecule has 1 aromatic heterocycles. The molecule has 7 heteroatoms. The van der Waals surface area contributed by atoms with Crippen LogP contribution in [0.4, 0.5) is 0 Å². The van der Waals surface area contributed by atoms with Gasteiger partial charge in [-0.1, -0.05) is 22.9 Å². The lowest BCUT2D eigenvalue weighted by molar-refractivity contribution is 0.0816. The Labute approximate surface area is 100 Å². The lowest BCUT2D eigenvalue weighted by Crippen LogP contribution is -2.33. The van der Waals surface area contributed by atoms with Crippen LogP contribution in [0.5, 0.6) is 0 Å². The van der Waals surface area contributed by atoms with Crippen molar-refractivity contribution in [1.82, 2.24) is 9.48 Å². The Morgan fingerprint density at radius 1 is 1.29 bits per heavy atom. The maximum absolute atomic E-state index is 12.0. The monoisotopic (exact) mass is 254 g/mol. The third-order valence-corrected chi connectivity index (χ3v) is 2.56. The molecule has 0 saturated heterocycles. The zero-order valence-electron chi connectivity index (χ0n) is 9.03. The minimum Gasteiger partial charge on any atom is -0.276 e. The molecule has 0 bridgehead atoms. The first-order chi connectivity index (χ1) is 8.24. The van der Waals surface area contributed by atoms with E-state index in [9.17, 15) is 9.59 Å². The van der Waals surface area contributed by atoms with E-state index >= 15 is 0 Å². The molecule has 2 aromatic rings. The normalized spacial score (nSPS) is 10.2. The second kappa shape index (κ2) is 4.88. The van der Waals surface area contributed by atoms with Gasteiger partial charge in [0, 0.05) is 5.56 Å². The molecule has 0 spiro atoms. The fourth-order valence-electron chi connectivity index (χ4n) is 1.25. The van der Waals surface area contributed by atoms with Gasteiger partial charge < -0.3 is 0 Å². The highest BCUT2D eigenvalue weighted by atomic mass is 32.1. The van der Waals surface area contributed by atoms with Gasteiger partial charge in [-0.2, -0.15) is 0 Å². The molecule has 0 unspecified atom stereocenters. The van der Waals surface area contributed by atoms with Crippen molar-refractivity contribution in [3.63, 3.8) is 0 Å². The van der Waals surface area contributed by atoms with Gasteiger partial charge in [-0.15, -0.1) is 4.74 Å². The topological polar surface area (TPSA) is 70.3 Å². The summed E-state index contributed by atoms with van der Waals surface area (Å²) in [5.74, 6) is -0.523. The summed E-state index contributed by atoms with van der Waals surface area (Å²) in [6.07, 6.45) is 0. The van der Waals surface area contributed by atoms with E-state index in [1.165, 1.54) is 0 Å². The summed E-state index contributed by atoms with van der Waals surface area (Å²) in [5.41, 5.74) is -0.264. The summed E-state index contributed by atoms with van der Waals surface area (Å²) in [6, 6.07) is 8.42. The van der Waals surface area contributed by atoms with Crippen LogP contribution in [0.2, 0.25) is 0 Å². The first-order valence-electron chi connectivity index (χ1n) is 4.96. The molecular weight excluding hydrogens is 244 g/mol. The maximum atomic E-state index is 12.0. The molecule has 1 aromatic carbocycles. The summed E-state index contributed by atoms with van der Waals surface area (Å²) in [7, 11) is 0. The first-order valence-corrected chi connectivity index (χ1v) is 5.63. The molecule has 0 aliphatic carbocycles. The molecule has 1 heterocycles. The van der Waals surface area contributed by atoms with E-state index in [0.717, 1.165) is 4.74 Å². The number of hydrogen-bond acceptors (Lipinski definition) is 5. The third kappa shape index (κ3) is 2.23. The third-order valence-electron chi connectivity index (χ3n) is 2.10. The van der Waals surface area contributed by atoms with Gasteiger partial charge in [0.15, 0.2) is 0 Å². The molecule has 17 heavy (non-hydrogen) atoms. The van der Waals surface area contributed by atoms with Crippen molar-refractivity contribution >= 4 is 17.8 Å². The number of carbonyl (C=O) groups excluding carboxylic acids is 1. The van der Waals surface area contributed by atoms with Crippen molar-refractivity contribution in [3.05, 3.63) is 46.4 Å². The number of aromatic nitrogens is 2. The fraction of sp³-hybridized carbons (Fsp3) is 0.200. The van der Waals surface area contributed by atoms with Crippen LogP contribution in [0.15, 0.2) is 43.0 Å². The van der Waals surface area contributed by atoms with E-state index in [-0.39, 0.29) is 0 Å². The zero-order valence-corrected chi connectivity index (χ0v) is 9.85. The minimum absolute atomic E-state index is 0.327. The van der Waals surface area contributed by atoms with Crippen molar-refractivity contribution in [1.29, 1.82) is 0 Å². The van der Waals surface area contributed by atoms with Crippen molar-refractivity contribution in [2.75, 3.05) is 0 Å². The maximum Gasteiger partial charge on any atom is 0.396 e. The van der Waals surface area contributed by atoms with Crippen LogP contribution < -0.4 is 5.69 Å². The minimum atomic E-state index is -0.639. The highest BCUT2D eigenvalue weighted by Crippen LogP contribution is 2.02. The van der Waals surface area contributed by atoms with Crippen LogP contribution in [0.25, 0.3) is 0 Å². The predicted molar refractivity (Wildman–Crippen MR) is 60.6 cm³/mol. The smallest absolute Gasteiger partial charge is 0.276 e. The zero-order chi connectivity index (χ0) is 12.3. The SMILES string of the molecule is CCn1oson(C(=O)c2ccccc2)c1=O. The second-order valence-electron chi connectivity index (χ2n) is 3.16. The van der Waals surface area contributed by atoms with Gasteiger partial charge in [-0.3, -0.25) is 12.7 Å². The van der Waals surface area contributed by atoms with Crippen LogP contribution in [0.1, 0.15) is 17.3 Å². The Balaban J connectivity index is 2.49. The highest BCUT2D eigenvalue weighted by molar-refractivity contribution is 6.93. The number of aryl methyl sites for hydroxylation is 1. The van der Waals surface area contributed by atoms with Crippen molar-refractivity contribution in [2.24, 2.45) is 0 Å². The summed E-state index contributed by atoms with van der Waals surface area (Å²) < 4.78 is 11.4. The summed E-state index contributed by atoms with van der Waals surface area (Å²) in [6.45, 7) is 2.06. The predicted octanol–water partition coefficient (Wildman–Crippen LogP) is 1.73. The van der Waals surface area contributed by atoms with Gasteiger partial charge in [0.2, 0.25) is 0 Å². The summed E-state index contributed by atoms with van der Waals surface area (Å²) in [5, 5.41) is 0. The molecule has 0 aliphatic heterocycles. The van der Waals surface area contributed by atoms with Crippen LogP contribution in [0.3, 0.4) is 0 Å². The molecule has 0 radical (unpaired) electrons. The molecule has 0 fully saturated rings. The van der Waals surface area contributed by atoms with Crippen molar-refractivity contribution in [3.8, 4) is 0 Å². The molecule has 90 valence electrons.